The van der Waals surface area contributed by atoms with Gasteiger partial charge in [0, 0.05) is 31.7 Å². The molecule has 0 amide bonds. The van der Waals surface area contributed by atoms with E-state index in [1.54, 1.807) is 0 Å². The Morgan fingerprint density at radius 1 is 1.33 bits per heavy atom. The van der Waals surface area contributed by atoms with Crippen molar-refractivity contribution in [2.75, 3.05) is 31.4 Å². The van der Waals surface area contributed by atoms with Crippen LogP contribution in [0.25, 0.3) is 0 Å². The van der Waals surface area contributed by atoms with Crippen LogP contribution >= 0.6 is 40.1 Å². The van der Waals surface area contributed by atoms with Gasteiger partial charge in [-0.15, -0.1) is 0 Å². The summed E-state index contributed by atoms with van der Waals surface area (Å²) >= 11 is 8.62. The van der Waals surface area contributed by atoms with Crippen LogP contribution in [0.15, 0.2) is 6.07 Å². The van der Waals surface area contributed by atoms with E-state index < -0.39 is 5.77 Å². The van der Waals surface area contributed by atoms with E-state index >= 15 is 0 Å². The van der Waals surface area contributed by atoms with Crippen molar-refractivity contribution < 1.29 is 9.09 Å². The van der Waals surface area contributed by atoms with Crippen LogP contribution in [0.2, 0.25) is 5.28 Å². The maximum absolute atomic E-state index is 12.7. The van der Waals surface area contributed by atoms with Gasteiger partial charge in [-0.05, 0) is 24.9 Å². The van der Waals surface area contributed by atoms with Crippen molar-refractivity contribution in [2.24, 2.45) is 0 Å². The highest BCUT2D eigenvalue weighted by molar-refractivity contribution is 8.89. The number of anilines is 1. The number of rotatable bonds is 9. The first-order chi connectivity index (χ1) is 9.90. The number of halogens is 1. The number of aromatic nitrogens is 2. The standard InChI is InChI=1S/C12H21ClN3O2PS2/c1-5-7-20-19(17,18-6-2)21-9-10-8-11(16(3)4)15-12(13)14-10/h8H,5-7,9H2,1-4H3. The van der Waals surface area contributed by atoms with Crippen LogP contribution in [0, 0.1) is 0 Å². The minimum atomic E-state index is -2.74. The summed E-state index contributed by atoms with van der Waals surface area (Å²) in [5.74, 6) is -0.704. The van der Waals surface area contributed by atoms with Crippen molar-refractivity contribution in [3.63, 3.8) is 0 Å². The molecular weight excluding hydrogens is 349 g/mol. The summed E-state index contributed by atoms with van der Waals surface area (Å²) in [7, 11) is 3.77. The van der Waals surface area contributed by atoms with Crippen molar-refractivity contribution in [1.82, 2.24) is 9.97 Å². The van der Waals surface area contributed by atoms with Gasteiger partial charge < -0.3 is 9.42 Å². The van der Waals surface area contributed by atoms with Gasteiger partial charge in [0.25, 0.3) is 0 Å². The van der Waals surface area contributed by atoms with Gasteiger partial charge in [0.2, 0.25) is 5.28 Å². The third kappa shape index (κ3) is 6.78. The maximum Gasteiger partial charge on any atom is 0.313 e. The Morgan fingerprint density at radius 3 is 2.62 bits per heavy atom. The highest BCUT2D eigenvalue weighted by atomic mass is 35.5. The predicted molar refractivity (Wildman–Crippen MR) is 94.6 cm³/mol. The van der Waals surface area contributed by atoms with Gasteiger partial charge in [-0.25, -0.2) is 9.97 Å². The van der Waals surface area contributed by atoms with E-state index in [-0.39, 0.29) is 5.28 Å². The molecule has 1 unspecified atom stereocenters. The topological polar surface area (TPSA) is 55.3 Å². The van der Waals surface area contributed by atoms with Gasteiger partial charge in [0.15, 0.2) is 0 Å². The summed E-state index contributed by atoms with van der Waals surface area (Å²) in [5, 5.41) is 0.198. The molecule has 5 nitrogen and oxygen atoms in total. The molecule has 21 heavy (non-hydrogen) atoms. The first-order valence-corrected chi connectivity index (χ1v) is 11.8. The van der Waals surface area contributed by atoms with Gasteiger partial charge in [0.1, 0.15) is 5.82 Å². The summed E-state index contributed by atoms with van der Waals surface area (Å²) in [6.07, 6.45) is 0.965. The molecule has 0 radical (unpaired) electrons. The molecule has 1 atom stereocenters. The molecule has 0 aromatic carbocycles. The van der Waals surface area contributed by atoms with Gasteiger partial charge >= 0.3 is 5.77 Å². The Kier molecular flexibility index (Phi) is 8.42. The van der Waals surface area contributed by atoms with E-state index in [9.17, 15) is 4.57 Å². The Bertz CT molecular complexity index is 505. The van der Waals surface area contributed by atoms with Crippen molar-refractivity contribution in [3.05, 3.63) is 17.0 Å². The molecule has 0 aliphatic carbocycles. The van der Waals surface area contributed by atoms with Gasteiger partial charge in [0.05, 0.1) is 12.3 Å². The molecule has 120 valence electrons. The fourth-order valence-corrected chi connectivity index (χ4v) is 8.16. The molecule has 0 saturated carbocycles. The Morgan fingerprint density at radius 2 is 2.05 bits per heavy atom. The van der Waals surface area contributed by atoms with E-state index in [0.29, 0.717) is 12.4 Å². The Labute approximate surface area is 139 Å². The summed E-state index contributed by atoms with van der Waals surface area (Å²) in [4.78, 5) is 10.2. The second kappa shape index (κ2) is 9.26. The highest BCUT2D eigenvalue weighted by Gasteiger charge is 2.24. The van der Waals surface area contributed by atoms with E-state index in [4.69, 9.17) is 16.1 Å². The summed E-state index contributed by atoms with van der Waals surface area (Å²) in [6.45, 7) is 4.35. The lowest BCUT2D eigenvalue weighted by atomic mass is 10.4. The van der Waals surface area contributed by atoms with Crippen LogP contribution in [0.5, 0.6) is 0 Å². The third-order valence-electron chi connectivity index (χ3n) is 2.31. The maximum atomic E-state index is 12.7. The predicted octanol–water partition coefficient (Wildman–Crippen LogP) is 4.72. The highest BCUT2D eigenvalue weighted by Crippen LogP contribution is 2.70. The van der Waals surface area contributed by atoms with Crippen molar-refractivity contribution >= 4 is 46.0 Å². The smallest absolute Gasteiger partial charge is 0.313 e. The quantitative estimate of drug-likeness (QED) is 0.461. The van der Waals surface area contributed by atoms with E-state index in [2.05, 4.69) is 16.9 Å². The largest absolute Gasteiger partial charge is 0.363 e. The van der Waals surface area contributed by atoms with Crippen LogP contribution in [-0.2, 0) is 14.8 Å². The minimum absolute atomic E-state index is 0.198. The number of nitrogens with zero attached hydrogens (tertiary/aromatic N) is 3. The summed E-state index contributed by atoms with van der Waals surface area (Å²) < 4.78 is 18.1. The normalized spacial score (nSPS) is 14.0. The first kappa shape index (κ1) is 19.1. The average molecular weight is 370 g/mol. The van der Waals surface area contributed by atoms with Crippen LogP contribution in [0.1, 0.15) is 26.0 Å². The molecule has 0 aliphatic heterocycles. The zero-order valence-corrected chi connectivity index (χ0v) is 16.0. The van der Waals surface area contributed by atoms with Crippen LogP contribution in [-0.4, -0.2) is 36.4 Å². The van der Waals surface area contributed by atoms with Crippen molar-refractivity contribution in [1.29, 1.82) is 0 Å². The summed E-state index contributed by atoms with van der Waals surface area (Å²) in [5.41, 5.74) is 0.751. The van der Waals surface area contributed by atoms with Gasteiger partial charge in [-0.1, -0.05) is 29.7 Å². The van der Waals surface area contributed by atoms with Crippen LogP contribution in [0.3, 0.4) is 0 Å². The van der Waals surface area contributed by atoms with Gasteiger partial charge in [-0.2, -0.15) is 0 Å². The van der Waals surface area contributed by atoms with Crippen LogP contribution in [0.4, 0.5) is 5.82 Å². The monoisotopic (exact) mass is 369 g/mol. The Balaban J connectivity index is 2.77. The Hall–Kier alpha value is 0.0600. The molecule has 0 bridgehead atoms. The fraction of sp³-hybridized carbons (Fsp3) is 0.667. The second-order valence-corrected chi connectivity index (χ2v) is 12.2. The molecule has 0 N–H and O–H groups in total. The fourth-order valence-electron chi connectivity index (χ4n) is 1.37. The molecule has 0 aliphatic rings. The number of hydrogen-bond donors (Lipinski definition) is 0. The van der Waals surface area contributed by atoms with Crippen molar-refractivity contribution in [2.45, 2.75) is 26.0 Å². The van der Waals surface area contributed by atoms with E-state index in [1.807, 2.05) is 32.0 Å². The SMILES string of the molecule is CCCSP(=O)(OCC)SCc1cc(N(C)C)nc(Cl)n1. The summed E-state index contributed by atoms with van der Waals surface area (Å²) in [6, 6.07) is 1.85. The van der Waals surface area contributed by atoms with Gasteiger partial charge in [-0.3, -0.25) is 4.57 Å². The van der Waals surface area contributed by atoms with Crippen molar-refractivity contribution in [3.8, 4) is 0 Å². The molecule has 1 aromatic heterocycles. The third-order valence-corrected chi connectivity index (χ3v) is 10.1. The average Bonchev–Trinajstić information content (AvgIpc) is 2.43. The first-order valence-electron chi connectivity index (χ1n) is 6.64. The zero-order chi connectivity index (χ0) is 15.9. The van der Waals surface area contributed by atoms with E-state index in [0.717, 1.165) is 23.7 Å². The lowest BCUT2D eigenvalue weighted by Gasteiger charge is -2.16. The molecular formula is C12H21ClN3O2PS2. The molecule has 1 heterocycles. The lowest BCUT2D eigenvalue weighted by molar-refractivity contribution is 0.357. The van der Waals surface area contributed by atoms with Crippen LogP contribution < -0.4 is 4.90 Å². The lowest BCUT2D eigenvalue weighted by Crippen LogP contribution is -2.11. The molecule has 0 saturated heterocycles. The number of hydrogen-bond acceptors (Lipinski definition) is 7. The zero-order valence-electron chi connectivity index (χ0n) is 12.7. The van der Waals surface area contributed by atoms with E-state index in [1.165, 1.54) is 22.8 Å². The second-order valence-electron chi connectivity index (χ2n) is 4.35. The molecule has 9 heteroatoms. The minimum Gasteiger partial charge on any atom is -0.363 e. The molecule has 0 fully saturated rings. The molecule has 1 rings (SSSR count). The molecule has 0 spiro atoms. The molecule has 1 aromatic rings.